The molecule has 0 spiro atoms. The highest BCUT2D eigenvalue weighted by Gasteiger charge is 2.16. The first-order valence-electron chi connectivity index (χ1n) is 27.3. The molecule has 75 heavy (non-hydrogen) atoms. The van der Waals surface area contributed by atoms with Crippen molar-refractivity contribution >= 4 is 23.9 Å². The molecule has 0 amide bonds. The third-order valence-corrected chi connectivity index (χ3v) is 13.1. The van der Waals surface area contributed by atoms with Gasteiger partial charge in [-0.3, -0.25) is 0 Å². The maximum Gasteiger partial charge on any atom is 0.343 e. The van der Waals surface area contributed by atoms with Crippen molar-refractivity contribution in [3.05, 3.63) is 168 Å². The van der Waals surface area contributed by atoms with Crippen molar-refractivity contribution in [1.82, 2.24) is 0 Å². The van der Waals surface area contributed by atoms with E-state index in [1.807, 2.05) is 62.4 Å². The zero-order chi connectivity index (χ0) is 53.0. The van der Waals surface area contributed by atoms with E-state index >= 15 is 0 Å². The zero-order valence-corrected chi connectivity index (χ0v) is 44.5. The van der Waals surface area contributed by atoms with Crippen LogP contribution in [0.15, 0.2) is 146 Å². The molecular formula is C65H76O10. The standard InChI is InChI=1S/C65H76O10/c1-5-7-9-16-20-48(3)72-62(66)54-26-22-50(23-27-54)52-30-42-60(43-31-52)74-64(68)56-34-38-58(39-35-56)70-46-18-14-12-11-13-15-19-47-71-59-40-36-57(37-41-59)65(69)75-61-44-32-53(33-45-61)51-24-28-55(29-25-51)63(67)73-49(4)21-17-10-8-6-2/h22-45,48-49H,5-21,46-47H2,1-4H3/t48-,49-/m0/s1. The van der Waals surface area contributed by atoms with Gasteiger partial charge in [0, 0.05) is 0 Å². The van der Waals surface area contributed by atoms with Gasteiger partial charge in [-0.2, -0.15) is 0 Å². The molecule has 0 bridgehead atoms. The second-order valence-electron chi connectivity index (χ2n) is 19.3. The van der Waals surface area contributed by atoms with Crippen molar-refractivity contribution in [3.8, 4) is 45.3 Å². The Morgan fingerprint density at radius 3 is 0.920 bits per heavy atom. The Morgan fingerprint density at radius 1 is 0.320 bits per heavy atom. The van der Waals surface area contributed by atoms with E-state index in [0.717, 1.165) is 106 Å². The number of ether oxygens (including phenoxy) is 6. The Bertz CT molecular complexity index is 2440. The first-order chi connectivity index (χ1) is 36.6. The summed E-state index contributed by atoms with van der Waals surface area (Å²) in [7, 11) is 0. The van der Waals surface area contributed by atoms with Crippen LogP contribution >= 0.6 is 0 Å². The summed E-state index contributed by atoms with van der Waals surface area (Å²) < 4.78 is 34.4. The molecule has 0 saturated carbocycles. The van der Waals surface area contributed by atoms with Crippen molar-refractivity contribution in [2.45, 2.75) is 149 Å². The van der Waals surface area contributed by atoms with Crippen LogP contribution in [0.4, 0.5) is 0 Å². The summed E-state index contributed by atoms with van der Waals surface area (Å²) >= 11 is 0. The molecule has 10 heteroatoms. The van der Waals surface area contributed by atoms with Crippen LogP contribution in [-0.2, 0) is 9.47 Å². The summed E-state index contributed by atoms with van der Waals surface area (Å²) in [5, 5.41) is 0. The number of carbonyl (C=O) groups is 4. The van der Waals surface area contributed by atoms with Gasteiger partial charge in [-0.15, -0.1) is 0 Å². The predicted octanol–water partition coefficient (Wildman–Crippen LogP) is 16.7. The smallest absolute Gasteiger partial charge is 0.343 e. The molecule has 0 fully saturated rings. The monoisotopic (exact) mass is 1020 g/mol. The van der Waals surface area contributed by atoms with Crippen LogP contribution < -0.4 is 18.9 Å². The summed E-state index contributed by atoms with van der Waals surface area (Å²) in [5.41, 5.74) is 5.67. The largest absolute Gasteiger partial charge is 0.494 e. The minimum Gasteiger partial charge on any atom is -0.494 e. The average molecular weight is 1020 g/mol. The molecule has 6 aromatic rings. The van der Waals surface area contributed by atoms with Crippen molar-refractivity contribution in [3.63, 3.8) is 0 Å². The number of unbranched alkanes of at least 4 members (excludes halogenated alkanes) is 12. The maximum atomic E-state index is 12.9. The summed E-state index contributed by atoms with van der Waals surface area (Å²) in [4.78, 5) is 51.0. The Morgan fingerprint density at radius 2 is 0.587 bits per heavy atom. The number of hydrogen-bond donors (Lipinski definition) is 0. The summed E-state index contributed by atoms with van der Waals surface area (Å²) in [6, 6.07) is 43.3. The SMILES string of the molecule is CCCCCC[C@H](C)OC(=O)c1ccc(-c2ccc(OC(=O)c3ccc(OCCCCCCCCCOc4ccc(C(=O)Oc5ccc(-c6ccc(C(=O)O[C@@H](C)CCCCCC)cc6)cc5)cc4)cc3)cc2)cc1. The maximum absolute atomic E-state index is 12.9. The molecule has 396 valence electrons. The zero-order valence-electron chi connectivity index (χ0n) is 44.5. The Labute approximate surface area is 445 Å². The lowest BCUT2D eigenvalue weighted by Gasteiger charge is -2.13. The number of carbonyl (C=O) groups excluding carboxylic acids is 4. The van der Waals surface area contributed by atoms with Gasteiger partial charge in [-0.1, -0.05) is 133 Å². The van der Waals surface area contributed by atoms with E-state index < -0.39 is 11.9 Å². The number of benzene rings is 6. The van der Waals surface area contributed by atoms with Gasteiger partial charge in [0.1, 0.15) is 23.0 Å². The highest BCUT2D eigenvalue weighted by molar-refractivity contribution is 5.93. The van der Waals surface area contributed by atoms with Crippen molar-refractivity contribution in [2.75, 3.05) is 13.2 Å². The minimum atomic E-state index is -0.447. The van der Waals surface area contributed by atoms with Gasteiger partial charge in [-0.25, -0.2) is 19.2 Å². The summed E-state index contributed by atoms with van der Waals surface area (Å²) in [6.45, 7) is 9.47. The van der Waals surface area contributed by atoms with Crippen LogP contribution in [0.5, 0.6) is 23.0 Å². The van der Waals surface area contributed by atoms with Gasteiger partial charge in [0.25, 0.3) is 0 Å². The quantitative estimate of drug-likeness (QED) is 0.0229. The lowest BCUT2D eigenvalue weighted by atomic mass is 10.0. The second kappa shape index (κ2) is 31.5. The molecule has 0 aromatic heterocycles. The molecule has 10 nitrogen and oxygen atoms in total. The molecule has 0 radical (unpaired) electrons. The molecular weight excluding hydrogens is 941 g/mol. The van der Waals surface area contributed by atoms with E-state index in [-0.39, 0.29) is 24.1 Å². The first kappa shape index (κ1) is 57.1. The van der Waals surface area contributed by atoms with E-state index in [9.17, 15) is 19.2 Å². The molecule has 0 aliphatic rings. The molecule has 6 rings (SSSR count). The third kappa shape index (κ3) is 19.9. The predicted molar refractivity (Wildman–Crippen MR) is 297 cm³/mol. The third-order valence-electron chi connectivity index (χ3n) is 13.1. The van der Waals surface area contributed by atoms with Crippen molar-refractivity contribution in [1.29, 1.82) is 0 Å². The van der Waals surface area contributed by atoms with Gasteiger partial charge < -0.3 is 28.4 Å². The number of esters is 4. The lowest BCUT2D eigenvalue weighted by molar-refractivity contribution is 0.0309. The van der Waals surface area contributed by atoms with Gasteiger partial charge >= 0.3 is 23.9 Å². The Hall–Kier alpha value is -7.20. The Balaban J connectivity index is 0.780. The van der Waals surface area contributed by atoms with Gasteiger partial charge in [-0.05, 0) is 172 Å². The fraction of sp³-hybridized carbons (Fsp3) is 0.385. The second-order valence-corrected chi connectivity index (χ2v) is 19.3. The van der Waals surface area contributed by atoms with Crippen LogP contribution in [0.3, 0.4) is 0 Å². The minimum absolute atomic E-state index is 0.110. The fourth-order valence-electron chi connectivity index (χ4n) is 8.54. The van der Waals surface area contributed by atoms with Gasteiger partial charge in [0.05, 0.1) is 47.7 Å². The molecule has 0 aliphatic heterocycles. The molecule has 0 saturated heterocycles. The normalized spacial score (nSPS) is 11.8. The van der Waals surface area contributed by atoms with Crippen LogP contribution in [0.1, 0.15) is 178 Å². The van der Waals surface area contributed by atoms with Crippen LogP contribution in [-0.4, -0.2) is 49.3 Å². The van der Waals surface area contributed by atoms with E-state index in [2.05, 4.69) is 13.8 Å². The number of rotatable bonds is 32. The summed E-state index contributed by atoms with van der Waals surface area (Å²) in [6.07, 6.45) is 18.2. The average Bonchev–Trinajstić information content (AvgIpc) is 3.43. The van der Waals surface area contributed by atoms with Crippen LogP contribution in [0.2, 0.25) is 0 Å². The van der Waals surface area contributed by atoms with E-state index in [1.54, 1.807) is 97.1 Å². The highest BCUT2D eigenvalue weighted by Crippen LogP contribution is 2.27. The van der Waals surface area contributed by atoms with E-state index in [0.29, 0.717) is 58.5 Å². The van der Waals surface area contributed by atoms with Crippen molar-refractivity contribution < 1.29 is 47.6 Å². The molecule has 2 atom stereocenters. The lowest BCUT2D eigenvalue weighted by Crippen LogP contribution is -2.15. The number of hydrogen-bond acceptors (Lipinski definition) is 10. The molecule has 0 aliphatic carbocycles. The van der Waals surface area contributed by atoms with E-state index in [1.165, 1.54) is 25.7 Å². The molecule has 6 aromatic carbocycles. The Kier molecular flexibility index (Phi) is 24.0. The highest BCUT2D eigenvalue weighted by atomic mass is 16.6. The van der Waals surface area contributed by atoms with Crippen LogP contribution in [0.25, 0.3) is 22.3 Å². The fourth-order valence-corrected chi connectivity index (χ4v) is 8.54. The van der Waals surface area contributed by atoms with Gasteiger partial charge in [0.15, 0.2) is 0 Å². The van der Waals surface area contributed by atoms with E-state index in [4.69, 9.17) is 28.4 Å². The first-order valence-corrected chi connectivity index (χ1v) is 27.3. The topological polar surface area (TPSA) is 124 Å². The van der Waals surface area contributed by atoms with Crippen molar-refractivity contribution in [2.24, 2.45) is 0 Å². The summed E-state index contributed by atoms with van der Waals surface area (Å²) in [5.74, 6) is 0.791. The van der Waals surface area contributed by atoms with Crippen LogP contribution in [0, 0.1) is 0 Å². The molecule has 0 heterocycles. The van der Waals surface area contributed by atoms with Gasteiger partial charge in [0.2, 0.25) is 0 Å². The molecule has 0 unspecified atom stereocenters. The molecule has 0 N–H and O–H groups in total.